The summed E-state index contributed by atoms with van der Waals surface area (Å²) in [5, 5.41) is 38.4. The number of hydrogen-bond donors (Lipinski definition) is 4. The molecule has 1 aliphatic rings. The molecule has 0 spiro atoms. The van der Waals surface area contributed by atoms with Gasteiger partial charge in [0, 0.05) is 98.9 Å². The Balaban J connectivity index is 0.0000101. The van der Waals surface area contributed by atoms with Crippen LogP contribution in [0.25, 0.3) is 0 Å². The number of rotatable bonds is 18. The quantitative estimate of drug-likeness (QED) is 0.141. The summed E-state index contributed by atoms with van der Waals surface area (Å²) in [4.78, 5) is 53.7. The zero-order valence-corrected chi connectivity index (χ0v) is 28.0. The van der Waals surface area contributed by atoms with Gasteiger partial charge in [0.1, 0.15) is 18.4 Å². The van der Waals surface area contributed by atoms with Crippen molar-refractivity contribution in [2.24, 2.45) is 0 Å². The molecule has 4 N–H and O–H groups in total. The Bertz CT molecular complexity index is 1000. The molecule has 0 unspecified atom stereocenters. The number of hydrogen-bond acceptors (Lipinski definition) is 11. The number of carboxylic acids is 4. The molecule has 0 aromatic heterocycles. The molecular weight excluding hydrogens is 738 g/mol. The SMILES string of the molecule is CCOCCOCCOc1ccc(C[C@H](C(=O)O)N2CCN(CC(=O)O)CCN(CC(=O)O)CCN(CC(=O)O)CC2)cc1.[Gd]. The number of carbonyl (C=O) groups is 4. The topological polar surface area (TPSA) is 190 Å². The number of ether oxygens (including phenoxy) is 3. The molecular formula is C29H46GdN4O11. The molecule has 1 saturated heterocycles. The van der Waals surface area contributed by atoms with Gasteiger partial charge in [-0.1, -0.05) is 12.1 Å². The van der Waals surface area contributed by atoms with Gasteiger partial charge in [0.2, 0.25) is 0 Å². The number of carboxylic acid groups (broad SMARTS) is 4. The summed E-state index contributed by atoms with van der Waals surface area (Å²) in [6, 6.07) is 6.16. The first kappa shape index (κ1) is 41.0. The zero-order valence-electron chi connectivity index (χ0n) is 25.7. The molecule has 1 atom stereocenters. The van der Waals surface area contributed by atoms with E-state index in [-0.39, 0.29) is 118 Å². The van der Waals surface area contributed by atoms with Crippen LogP contribution in [0.1, 0.15) is 12.5 Å². The summed E-state index contributed by atoms with van der Waals surface area (Å²) < 4.78 is 16.3. The van der Waals surface area contributed by atoms with E-state index >= 15 is 0 Å². The van der Waals surface area contributed by atoms with E-state index in [9.17, 15) is 39.6 Å². The van der Waals surface area contributed by atoms with Crippen LogP contribution in [-0.4, -0.2) is 175 Å². The minimum absolute atomic E-state index is 0. The van der Waals surface area contributed by atoms with E-state index in [1.165, 1.54) is 0 Å². The molecule has 15 nitrogen and oxygen atoms in total. The van der Waals surface area contributed by atoms with Crippen LogP contribution in [0.3, 0.4) is 0 Å². The maximum Gasteiger partial charge on any atom is 0.321 e. The van der Waals surface area contributed by atoms with Crippen molar-refractivity contribution in [3.63, 3.8) is 0 Å². The Morgan fingerprint density at radius 1 is 0.667 bits per heavy atom. The fourth-order valence-corrected chi connectivity index (χ4v) is 4.81. The molecule has 1 aromatic carbocycles. The summed E-state index contributed by atoms with van der Waals surface area (Å²) in [6.07, 6.45) is 0.167. The van der Waals surface area contributed by atoms with E-state index < -0.39 is 29.9 Å². The van der Waals surface area contributed by atoms with Crippen molar-refractivity contribution in [1.29, 1.82) is 0 Å². The maximum atomic E-state index is 12.5. The first-order chi connectivity index (χ1) is 21.1. The normalized spacial score (nSPS) is 16.9. The minimum atomic E-state index is -1.05. The van der Waals surface area contributed by atoms with Crippen molar-refractivity contribution in [2.45, 2.75) is 19.4 Å². The van der Waals surface area contributed by atoms with E-state index in [2.05, 4.69) is 0 Å². The summed E-state index contributed by atoms with van der Waals surface area (Å²) >= 11 is 0. The van der Waals surface area contributed by atoms with Gasteiger partial charge in [0.05, 0.1) is 39.5 Å². The standard InChI is InChI=1S/C29H46N4O11.Gd/c1-2-42-15-16-43-17-18-44-24-5-3-23(4-6-24)19-25(29(40)41)33-13-11-31(21-27(36)37)9-7-30(20-26(34)35)8-10-32(12-14-33)22-28(38)39;/h3-6,25H,2,7-22H2,1H3,(H,34,35)(H,36,37)(H,38,39)(H,40,41);/t25-;/m1./s1. The molecule has 1 fully saturated rings. The smallest absolute Gasteiger partial charge is 0.321 e. The molecule has 0 amide bonds. The monoisotopic (exact) mass is 784 g/mol. The van der Waals surface area contributed by atoms with Crippen LogP contribution in [0.2, 0.25) is 0 Å². The molecule has 0 bridgehead atoms. The van der Waals surface area contributed by atoms with E-state index in [1.54, 1.807) is 43.9 Å². The second kappa shape index (κ2) is 23.3. The van der Waals surface area contributed by atoms with Gasteiger partial charge in [0.15, 0.2) is 0 Å². The van der Waals surface area contributed by atoms with Gasteiger partial charge in [-0.25, -0.2) is 0 Å². The van der Waals surface area contributed by atoms with Crippen LogP contribution >= 0.6 is 0 Å². The van der Waals surface area contributed by atoms with Crippen LogP contribution in [-0.2, 0) is 35.1 Å². The summed E-state index contributed by atoms with van der Waals surface area (Å²) in [6.45, 7) is 5.40. The van der Waals surface area contributed by atoms with Crippen LogP contribution < -0.4 is 4.74 Å². The molecule has 1 aromatic rings. The molecule has 45 heavy (non-hydrogen) atoms. The van der Waals surface area contributed by atoms with Gasteiger partial charge < -0.3 is 34.6 Å². The van der Waals surface area contributed by atoms with E-state index in [4.69, 9.17) is 14.2 Å². The number of benzene rings is 1. The fraction of sp³-hybridized carbons (Fsp3) is 0.655. The fourth-order valence-electron chi connectivity index (χ4n) is 4.81. The average Bonchev–Trinajstić information content (AvgIpc) is 2.95. The molecule has 2 rings (SSSR count). The van der Waals surface area contributed by atoms with Crippen molar-refractivity contribution in [1.82, 2.24) is 19.6 Å². The number of nitrogens with zero attached hydrogens (tertiary/aromatic N) is 4. The molecule has 0 radical (unpaired) electrons. The first-order valence-electron chi connectivity index (χ1n) is 14.7. The predicted molar refractivity (Wildman–Crippen MR) is 158 cm³/mol. The van der Waals surface area contributed by atoms with Gasteiger partial charge in [-0.3, -0.25) is 38.8 Å². The molecule has 0 aliphatic carbocycles. The maximum absolute atomic E-state index is 12.5. The Kier molecular flexibility index (Phi) is 21.3. The zero-order chi connectivity index (χ0) is 32.3. The minimum Gasteiger partial charge on any atom is -0.491 e. The third-order valence-electron chi connectivity index (χ3n) is 7.10. The van der Waals surface area contributed by atoms with Gasteiger partial charge in [-0.2, -0.15) is 0 Å². The Morgan fingerprint density at radius 3 is 1.51 bits per heavy atom. The van der Waals surface area contributed by atoms with E-state index in [0.717, 1.165) is 5.56 Å². The second-order valence-corrected chi connectivity index (χ2v) is 10.4. The molecule has 1 aliphatic heterocycles. The third-order valence-corrected chi connectivity index (χ3v) is 7.10. The average molecular weight is 784 g/mol. The van der Waals surface area contributed by atoms with Crippen molar-refractivity contribution < 1.29 is 93.8 Å². The summed E-state index contributed by atoms with van der Waals surface area (Å²) in [5.41, 5.74) is 0.762. The van der Waals surface area contributed by atoms with Crippen molar-refractivity contribution in [3.8, 4) is 5.75 Å². The van der Waals surface area contributed by atoms with Crippen LogP contribution in [0.5, 0.6) is 5.75 Å². The van der Waals surface area contributed by atoms with Crippen LogP contribution in [0.4, 0.5) is 0 Å². The van der Waals surface area contributed by atoms with Crippen LogP contribution in [0, 0.1) is 39.9 Å². The van der Waals surface area contributed by atoms with Gasteiger partial charge in [0.25, 0.3) is 0 Å². The molecule has 1 heterocycles. The second-order valence-electron chi connectivity index (χ2n) is 10.4. The number of aliphatic carboxylic acids is 4. The molecule has 256 valence electrons. The van der Waals surface area contributed by atoms with E-state index in [1.807, 2.05) is 6.92 Å². The van der Waals surface area contributed by atoms with Crippen molar-refractivity contribution >= 4 is 23.9 Å². The largest absolute Gasteiger partial charge is 0.491 e. The Labute approximate surface area is 295 Å². The Morgan fingerprint density at radius 2 is 1.09 bits per heavy atom. The van der Waals surface area contributed by atoms with Gasteiger partial charge in [-0.15, -0.1) is 0 Å². The van der Waals surface area contributed by atoms with E-state index in [0.29, 0.717) is 38.8 Å². The van der Waals surface area contributed by atoms with Crippen molar-refractivity contribution in [3.05, 3.63) is 29.8 Å². The predicted octanol–water partition coefficient (Wildman–Crippen LogP) is -0.410. The summed E-state index contributed by atoms with van der Waals surface area (Å²) in [5.74, 6) is -3.57. The Hall–Kier alpha value is -2.02. The summed E-state index contributed by atoms with van der Waals surface area (Å²) in [7, 11) is 0. The third kappa shape index (κ3) is 18.0. The molecule has 16 heteroatoms. The van der Waals surface area contributed by atoms with Gasteiger partial charge in [-0.05, 0) is 31.0 Å². The first-order valence-corrected chi connectivity index (χ1v) is 14.7. The van der Waals surface area contributed by atoms with Crippen molar-refractivity contribution in [2.75, 3.05) is 105 Å². The van der Waals surface area contributed by atoms with Gasteiger partial charge >= 0.3 is 23.9 Å². The van der Waals surface area contributed by atoms with Crippen LogP contribution in [0.15, 0.2) is 24.3 Å². The molecule has 0 saturated carbocycles.